The Morgan fingerprint density at radius 1 is 1.08 bits per heavy atom. The Morgan fingerprint density at radius 3 is 2.50 bits per heavy atom. The number of piperidine rings is 1. The lowest BCUT2D eigenvalue weighted by atomic mass is 9.90. The van der Waals surface area contributed by atoms with Crippen LogP contribution in [0.4, 0.5) is 5.69 Å². The second-order valence-corrected chi connectivity index (χ2v) is 7.04. The van der Waals surface area contributed by atoms with Crippen molar-refractivity contribution in [1.29, 1.82) is 0 Å². The van der Waals surface area contributed by atoms with Crippen molar-refractivity contribution in [2.24, 2.45) is 5.92 Å². The van der Waals surface area contributed by atoms with E-state index in [0.717, 1.165) is 36.9 Å². The van der Waals surface area contributed by atoms with Gasteiger partial charge in [-0.15, -0.1) is 0 Å². The van der Waals surface area contributed by atoms with E-state index < -0.39 is 0 Å². The van der Waals surface area contributed by atoms with Gasteiger partial charge in [-0.1, -0.05) is 42.5 Å². The van der Waals surface area contributed by atoms with E-state index in [1.54, 1.807) is 0 Å². The summed E-state index contributed by atoms with van der Waals surface area (Å²) >= 11 is 0. The first-order chi connectivity index (χ1) is 12.7. The zero-order valence-electron chi connectivity index (χ0n) is 15.5. The first-order valence-electron chi connectivity index (χ1n) is 9.63. The highest BCUT2D eigenvalue weighted by Gasteiger charge is 2.24. The average Bonchev–Trinajstić information content (AvgIpc) is 2.66. The predicted octanol–water partition coefficient (Wildman–Crippen LogP) is 2.56. The average molecular weight is 353 g/mol. The lowest BCUT2D eigenvalue weighted by Crippen LogP contribution is -3.14. The Bertz CT molecular complexity index is 694. The van der Waals surface area contributed by atoms with Crippen LogP contribution in [-0.4, -0.2) is 32.1 Å². The molecule has 2 aromatic rings. The fourth-order valence-electron chi connectivity index (χ4n) is 3.69. The number of rotatable bonds is 7. The number of quaternary nitrogens is 1. The van der Waals surface area contributed by atoms with Crippen LogP contribution in [0.25, 0.3) is 0 Å². The molecule has 138 valence electrons. The number of likely N-dealkylation sites (tertiary alicyclic amines) is 1. The molecule has 0 radical (unpaired) electrons. The monoisotopic (exact) mass is 353 g/mol. The van der Waals surface area contributed by atoms with Crippen LogP contribution >= 0.6 is 0 Å². The number of para-hydroxylation sites is 2. The normalized spacial score (nSPS) is 19.7. The highest BCUT2D eigenvalue weighted by molar-refractivity contribution is 5.92. The Kier molecular flexibility index (Phi) is 6.67. The summed E-state index contributed by atoms with van der Waals surface area (Å²) in [5.41, 5.74) is 2.18. The molecule has 1 amide bonds. The van der Waals surface area contributed by atoms with Gasteiger partial charge in [0.15, 0.2) is 6.54 Å². The molecule has 4 heteroatoms. The molecular weight excluding hydrogens is 324 g/mol. The second-order valence-electron chi connectivity index (χ2n) is 7.04. The topological polar surface area (TPSA) is 42.8 Å². The van der Waals surface area contributed by atoms with Gasteiger partial charge in [-0.05, 0) is 49.8 Å². The van der Waals surface area contributed by atoms with Crippen molar-refractivity contribution >= 4 is 11.6 Å². The molecule has 26 heavy (non-hydrogen) atoms. The number of nitrogens with one attached hydrogen (secondary N) is 2. The number of amides is 1. The molecule has 1 heterocycles. The third-order valence-electron chi connectivity index (χ3n) is 5.05. The lowest BCUT2D eigenvalue weighted by molar-refractivity contribution is -0.898. The van der Waals surface area contributed by atoms with Crippen molar-refractivity contribution in [1.82, 2.24) is 0 Å². The van der Waals surface area contributed by atoms with Gasteiger partial charge in [0.1, 0.15) is 5.75 Å². The summed E-state index contributed by atoms with van der Waals surface area (Å²) in [6.45, 7) is 5.20. The van der Waals surface area contributed by atoms with Gasteiger partial charge in [0, 0.05) is 0 Å². The number of ether oxygens (including phenoxy) is 1. The largest absolute Gasteiger partial charge is 0.492 e. The molecule has 0 spiro atoms. The summed E-state index contributed by atoms with van der Waals surface area (Å²) in [7, 11) is 0. The molecule has 1 aliphatic rings. The van der Waals surface area contributed by atoms with Crippen LogP contribution in [0.2, 0.25) is 0 Å². The third-order valence-corrected chi connectivity index (χ3v) is 5.05. The first kappa shape index (κ1) is 18.5. The van der Waals surface area contributed by atoms with Crippen LogP contribution in [-0.2, 0) is 11.2 Å². The van der Waals surface area contributed by atoms with Crippen molar-refractivity contribution in [3.63, 3.8) is 0 Å². The Hall–Kier alpha value is -2.33. The minimum Gasteiger partial charge on any atom is -0.492 e. The van der Waals surface area contributed by atoms with Crippen LogP contribution in [0.1, 0.15) is 25.3 Å². The van der Waals surface area contributed by atoms with Gasteiger partial charge in [0.2, 0.25) is 0 Å². The molecule has 1 fully saturated rings. The van der Waals surface area contributed by atoms with Gasteiger partial charge in [0.25, 0.3) is 5.91 Å². The van der Waals surface area contributed by atoms with E-state index in [4.69, 9.17) is 4.74 Å². The smallest absolute Gasteiger partial charge is 0.279 e. The molecule has 0 saturated carbocycles. The molecular formula is C22H29N2O2+. The molecule has 0 bridgehead atoms. The lowest BCUT2D eigenvalue weighted by Gasteiger charge is -2.29. The molecule has 0 atom stereocenters. The highest BCUT2D eigenvalue weighted by Crippen LogP contribution is 2.23. The number of benzene rings is 2. The molecule has 2 aromatic carbocycles. The number of anilines is 1. The summed E-state index contributed by atoms with van der Waals surface area (Å²) < 4.78 is 5.58. The van der Waals surface area contributed by atoms with Crippen molar-refractivity contribution < 1.29 is 14.4 Å². The molecule has 0 unspecified atom stereocenters. The van der Waals surface area contributed by atoms with E-state index >= 15 is 0 Å². The molecule has 2 N–H and O–H groups in total. The standard InChI is InChI=1S/C22H28N2O2/c1-2-26-21-11-7-6-10-20(21)23-22(25)17-24-14-12-19(13-15-24)16-18-8-4-3-5-9-18/h3-11,19H,2,12-17H2,1H3,(H,23,25)/p+1. The highest BCUT2D eigenvalue weighted by atomic mass is 16.5. The van der Waals surface area contributed by atoms with Crippen molar-refractivity contribution in [3.8, 4) is 5.75 Å². The molecule has 0 aromatic heterocycles. The van der Waals surface area contributed by atoms with Gasteiger partial charge in [-0.3, -0.25) is 4.79 Å². The second kappa shape index (κ2) is 9.39. The van der Waals surface area contributed by atoms with Gasteiger partial charge in [-0.25, -0.2) is 0 Å². The van der Waals surface area contributed by atoms with Crippen molar-refractivity contribution in [2.75, 3.05) is 31.6 Å². The minimum atomic E-state index is 0.0636. The van der Waals surface area contributed by atoms with E-state index in [0.29, 0.717) is 13.2 Å². The van der Waals surface area contributed by atoms with Crippen LogP contribution in [0.3, 0.4) is 0 Å². The number of hydrogen-bond acceptors (Lipinski definition) is 2. The van der Waals surface area contributed by atoms with Gasteiger partial charge >= 0.3 is 0 Å². The summed E-state index contributed by atoms with van der Waals surface area (Å²) in [5, 5.41) is 3.01. The van der Waals surface area contributed by atoms with E-state index in [1.165, 1.54) is 23.3 Å². The third kappa shape index (κ3) is 5.33. The van der Waals surface area contributed by atoms with E-state index in [9.17, 15) is 4.79 Å². The summed E-state index contributed by atoms with van der Waals surface area (Å²) in [5.74, 6) is 1.54. The fourth-order valence-corrected chi connectivity index (χ4v) is 3.69. The van der Waals surface area contributed by atoms with Crippen LogP contribution in [0.5, 0.6) is 5.75 Å². The van der Waals surface area contributed by atoms with Gasteiger partial charge < -0.3 is 15.0 Å². The maximum Gasteiger partial charge on any atom is 0.279 e. The zero-order valence-corrected chi connectivity index (χ0v) is 15.5. The van der Waals surface area contributed by atoms with E-state index in [-0.39, 0.29) is 5.91 Å². The summed E-state index contributed by atoms with van der Waals surface area (Å²) in [6.07, 6.45) is 3.53. The van der Waals surface area contributed by atoms with Crippen LogP contribution in [0, 0.1) is 5.92 Å². The van der Waals surface area contributed by atoms with E-state index in [2.05, 4.69) is 35.6 Å². The number of hydrogen-bond donors (Lipinski definition) is 2. The van der Waals surface area contributed by atoms with Crippen molar-refractivity contribution in [2.45, 2.75) is 26.2 Å². The van der Waals surface area contributed by atoms with E-state index in [1.807, 2.05) is 31.2 Å². The van der Waals surface area contributed by atoms with Crippen LogP contribution < -0.4 is 15.0 Å². The Balaban J connectivity index is 1.45. The molecule has 0 aliphatic carbocycles. The number of carbonyl (C=O) groups is 1. The van der Waals surface area contributed by atoms with Crippen LogP contribution in [0.15, 0.2) is 54.6 Å². The first-order valence-corrected chi connectivity index (χ1v) is 9.63. The maximum absolute atomic E-state index is 12.4. The molecule has 1 aliphatic heterocycles. The SMILES string of the molecule is CCOc1ccccc1NC(=O)C[NH+]1CCC(Cc2ccccc2)CC1. The minimum absolute atomic E-state index is 0.0636. The fraction of sp³-hybridized carbons (Fsp3) is 0.409. The number of carbonyl (C=O) groups excluding carboxylic acids is 1. The van der Waals surface area contributed by atoms with Gasteiger partial charge in [-0.2, -0.15) is 0 Å². The zero-order chi connectivity index (χ0) is 18.2. The summed E-state index contributed by atoms with van der Waals surface area (Å²) in [4.78, 5) is 13.8. The maximum atomic E-state index is 12.4. The molecule has 3 rings (SSSR count). The quantitative estimate of drug-likeness (QED) is 0.803. The summed E-state index contributed by atoms with van der Waals surface area (Å²) in [6, 6.07) is 18.3. The Morgan fingerprint density at radius 2 is 1.77 bits per heavy atom. The van der Waals surface area contributed by atoms with Crippen molar-refractivity contribution in [3.05, 3.63) is 60.2 Å². The predicted molar refractivity (Wildman–Crippen MR) is 105 cm³/mol. The Labute approximate surface area is 156 Å². The van der Waals surface area contributed by atoms with Gasteiger partial charge in [0.05, 0.1) is 25.4 Å². The molecule has 1 saturated heterocycles. The molecule has 4 nitrogen and oxygen atoms in total.